The zero-order valence-electron chi connectivity index (χ0n) is 20.4. The van der Waals surface area contributed by atoms with Crippen molar-refractivity contribution in [2.75, 3.05) is 54.5 Å². The van der Waals surface area contributed by atoms with E-state index < -0.39 is 23.1 Å². The van der Waals surface area contributed by atoms with Crippen LogP contribution in [0.5, 0.6) is 5.75 Å². The Kier molecular flexibility index (Phi) is 6.40. The number of nitrogens with zero attached hydrogens (tertiary/aromatic N) is 6. The predicted octanol–water partition coefficient (Wildman–Crippen LogP) is 4.37. The Balaban J connectivity index is 1.30. The van der Waals surface area contributed by atoms with Crippen LogP contribution in [0.2, 0.25) is 0 Å². The van der Waals surface area contributed by atoms with Gasteiger partial charge in [0.25, 0.3) is 0 Å². The molecule has 2 aliphatic rings. The molecule has 12 heteroatoms. The first-order valence-electron chi connectivity index (χ1n) is 12.5. The fraction of sp³-hybridized carbons (Fsp3) is 0.346. The summed E-state index contributed by atoms with van der Waals surface area (Å²) in [5, 5.41) is 17.4. The maximum Gasteiger partial charge on any atom is 0.227 e. The Morgan fingerprint density at radius 3 is 2.26 bits per heavy atom. The molecule has 0 atom stereocenters. The third-order valence-electron chi connectivity index (χ3n) is 7.00. The SMILES string of the molecule is Oc1ccc(N2CCN(c3ncc4c(Nc5c(F)cc(F)cc5F)nn(C5CCOCC5)c4n3)CC2)cc1. The third-order valence-corrected chi connectivity index (χ3v) is 7.00. The fourth-order valence-electron chi connectivity index (χ4n) is 4.95. The maximum absolute atomic E-state index is 14.4. The normalized spacial score (nSPS) is 16.8. The molecular formula is C26H26F3N7O2. The molecule has 0 bridgehead atoms. The highest BCUT2D eigenvalue weighted by Crippen LogP contribution is 2.33. The van der Waals surface area contributed by atoms with Crippen LogP contribution in [0.15, 0.2) is 42.6 Å². The lowest BCUT2D eigenvalue weighted by molar-refractivity contribution is 0.0674. The van der Waals surface area contributed by atoms with Crippen molar-refractivity contribution in [1.82, 2.24) is 19.7 Å². The molecule has 198 valence electrons. The molecule has 2 N–H and O–H groups in total. The number of ether oxygens (including phenoxy) is 1. The first kappa shape index (κ1) is 24.3. The molecule has 4 heterocycles. The summed E-state index contributed by atoms with van der Waals surface area (Å²) in [6, 6.07) is 8.36. The Morgan fingerprint density at radius 1 is 0.921 bits per heavy atom. The van der Waals surface area contributed by atoms with Crippen molar-refractivity contribution in [2.24, 2.45) is 0 Å². The highest BCUT2D eigenvalue weighted by atomic mass is 19.1. The number of halogens is 3. The molecule has 0 spiro atoms. The molecular weight excluding hydrogens is 499 g/mol. The van der Waals surface area contributed by atoms with E-state index >= 15 is 0 Å². The number of phenolic OH excluding ortho intramolecular Hbond substituents is 1. The Hall–Kier alpha value is -4.06. The number of benzene rings is 2. The van der Waals surface area contributed by atoms with Crippen molar-refractivity contribution in [3.63, 3.8) is 0 Å². The van der Waals surface area contributed by atoms with Gasteiger partial charge in [0.15, 0.2) is 23.1 Å². The third kappa shape index (κ3) is 4.67. The van der Waals surface area contributed by atoms with E-state index in [9.17, 15) is 18.3 Å². The molecule has 6 rings (SSSR count). The summed E-state index contributed by atoms with van der Waals surface area (Å²) < 4.78 is 49.5. The standard InChI is InChI=1S/C26H26F3N7O2/c27-16-13-21(28)23(22(29)14-16)31-24-20-15-30-26(32-25(20)36(33-24)18-5-11-38-12-6-18)35-9-7-34(8-10-35)17-1-3-19(37)4-2-17/h1-4,13-15,18,37H,5-12H2,(H,31,33). The van der Waals surface area contributed by atoms with Crippen LogP contribution in [0.4, 0.5) is 36.3 Å². The van der Waals surface area contributed by atoms with Crippen molar-refractivity contribution in [2.45, 2.75) is 18.9 Å². The Bertz CT molecular complexity index is 1430. The van der Waals surface area contributed by atoms with Gasteiger partial charge in [-0.1, -0.05) is 0 Å². The molecule has 0 radical (unpaired) electrons. The average Bonchev–Trinajstić information content (AvgIpc) is 3.29. The monoisotopic (exact) mass is 525 g/mol. The highest BCUT2D eigenvalue weighted by molar-refractivity contribution is 5.89. The molecule has 38 heavy (non-hydrogen) atoms. The number of hydrogen-bond donors (Lipinski definition) is 2. The second-order valence-corrected chi connectivity index (χ2v) is 9.40. The van der Waals surface area contributed by atoms with Gasteiger partial charge in [-0.05, 0) is 37.1 Å². The van der Waals surface area contributed by atoms with Crippen LogP contribution in [0.1, 0.15) is 18.9 Å². The average molecular weight is 526 g/mol. The molecule has 0 aliphatic carbocycles. The number of nitrogens with one attached hydrogen (secondary N) is 1. The van der Waals surface area contributed by atoms with Gasteiger partial charge in [0.1, 0.15) is 17.3 Å². The summed E-state index contributed by atoms with van der Waals surface area (Å²) in [5.74, 6) is -2.14. The topological polar surface area (TPSA) is 91.6 Å². The van der Waals surface area contributed by atoms with Crippen LogP contribution >= 0.6 is 0 Å². The quantitative estimate of drug-likeness (QED) is 0.397. The minimum absolute atomic E-state index is 0.00111. The number of fused-ring (bicyclic) bond motifs is 1. The summed E-state index contributed by atoms with van der Waals surface area (Å²) >= 11 is 0. The largest absolute Gasteiger partial charge is 0.508 e. The zero-order valence-corrected chi connectivity index (χ0v) is 20.4. The van der Waals surface area contributed by atoms with Crippen LogP contribution in [0.3, 0.4) is 0 Å². The lowest BCUT2D eigenvalue weighted by Crippen LogP contribution is -2.47. The van der Waals surface area contributed by atoms with E-state index in [-0.39, 0.29) is 17.6 Å². The molecule has 2 aliphatic heterocycles. The first-order valence-corrected chi connectivity index (χ1v) is 12.5. The van der Waals surface area contributed by atoms with E-state index in [1.165, 1.54) is 0 Å². The van der Waals surface area contributed by atoms with Crippen LogP contribution in [0.25, 0.3) is 11.0 Å². The van der Waals surface area contributed by atoms with Crippen molar-refractivity contribution in [3.8, 4) is 5.75 Å². The van der Waals surface area contributed by atoms with Crippen molar-refractivity contribution >= 4 is 34.2 Å². The van der Waals surface area contributed by atoms with Crippen LogP contribution in [-0.4, -0.2) is 64.2 Å². The lowest BCUT2D eigenvalue weighted by Gasteiger charge is -2.36. The highest BCUT2D eigenvalue weighted by Gasteiger charge is 2.26. The number of hydrogen-bond acceptors (Lipinski definition) is 8. The van der Waals surface area contributed by atoms with Crippen molar-refractivity contribution in [3.05, 3.63) is 60.0 Å². The lowest BCUT2D eigenvalue weighted by atomic mass is 10.1. The van der Waals surface area contributed by atoms with Gasteiger partial charge in [-0.2, -0.15) is 10.1 Å². The van der Waals surface area contributed by atoms with E-state index in [2.05, 4.69) is 25.2 Å². The second kappa shape index (κ2) is 10.0. The summed E-state index contributed by atoms with van der Waals surface area (Å²) in [6.07, 6.45) is 3.05. The fourth-order valence-corrected chi connectivity index (χ4v) is 4.95. The molecule has 2 saturated heterocycles. The summed E-state index contributed by atoms with van der Waals surface area (Å²) in [6.45, 7) is 4.03. The molecule has 2 fully saturated rings. The van der Waals surface area contributed by atoms with Gasteiger partial charge in [0.05, 0.1) is 11.4 Å². The van der Waals surface area contributed by atoms with Crippen LogP contribution < -0.4 is 15.1 Å². The maximum atomic E-state index is 14.4. The summed E-state index contributed by atoms with van der Waals surface area (Å²) in [4.78, 5) is 13.7. The predicted molar refractivity (Wildman–Crippen MR) is 137 cm³/mol. The summed E-state index contributed by atoms with van der Waals surface area (Å²) in [5.41, 5.74) is 1.10. The minimum atomic E-state index is -1.06. The van der Waals surface area contributed by atoms with E-state index in [4.69, 9.17) is 9.72 Å². The van der Waals surface area contributed by atoms with Crippen molar-refractivity contribution in [1.29, 1.82) is 0 Å². The van der Waals surface area contributed by atoms with Gasteiger partial charge in [-0.3, -0.25) is 0 Å². The van der Waals surface area contributed by atoms with E-state index in [0.717, 1.165) is 31.6 Å². The molecule has 4 aromatic rings. The number of phenols is 1. The van der Waals surface area contributed by atoms with Gasteiger partial charge in [0.2, 0.25) is 5.95 Å². The molecule has 0 amide bonds. The van der Waals surface area contributed by atoms with E-state index in [1.807, 2.05) is 12.1 Å². The number of anilines is 4. The smallest absolute Gasteiger partial charge is 0.227 e. The van der Waals surface area contributed by atoms with E-state index in [0.29, 0.717) is 55.4 Å². The Labute approximate surface area is 216 Å². The molecule has 0 unspecified atom stereocenters. The minimum Gasteiger partial charge on any atom is -0.508 e. The zero-order chi connectivity index (χ0) is 26.2. The number of aromatic nitrogens is 4. The first-order chi connectivity index (χ1) is 18.5. The molecule has 0 saturated carbocycles. The van der Waals surface area contributed by atoms with Gasteiger partial charge >= 0.3 is 0 Å². The van der Waals surface area contributed by atoms with Gasteiger partial charge in [-0.25, -0.2) is 22.8 Å². The van der Waals surface area contributed by atoms with Gasteiger partial charge < -0.3 is 25.0 Å². The van der Waals surface area contributed by atoms with E-state index in [1.54, 1.807) is 23.0 Å². The summed E-state index contributed by atoms with van der Waals surface area (Å²) in [7, 11) is 0. The van der Waals surface area contributed by atoms with Gasteiger partial charge in [0, 0.05) is 63.4 Å². The van der Waals surface area contributed by atoms with Gasteiger partial charge in [-0.15, -0.1) is 0 Å². The molecule has 2 aromatic carbocycles. The molecule has 2 aromatic heterocycles. The number of rotatable bonds is 5. The number of aromatic hydroxyl groups is 1. The van der Waals surface area contributed by atoms with Crippen LogP contribution in [0, 0.1) is 17.5 Å². The van der Waals surface area contributed by atoms with Crippen LogP contribution in [-0.2, 0) is 4.74 Å². The second-order valence-electron chi connectivity index (χ2n) is 9.40. The number of piperazine rings is 1. The molecule has 9 nitrogen and oxygen atoms in total. The Morgan fingerprint density at radius 2 is 1.58 bits per heavy atom. The van der Waals surface area contributed by atoms with Crippen molar-refractivity contribution < 1.29 is 23.0 Å².